The standard InChI is InChI=1S/C24H20N6O2/c1-32-19-10-6-17(7-11-19)24(12-13-24)22-26-27-23-25-15-20(28-30(22)23)16-4-8-18(9-5-16)29-14-2-3-21(29)31/h4-13,15H,2-3,14H2,1H3. The number of rotatable bonds is 5. The van der Waals surface area contributed by atoms with Gasteiger partial charge in [0.25, 0.3) is 5.78 Å². The molecule has 1 aliphatic heterocycles. The molecule has 3 heterocycles. The van der Waals surface area contributed by atoms with Crippen molar-refractivity contribution in [2.45, 2.75) is 18.3 Å². The molecular weight excluding hydrogens is 404 g/mol. The van der Waals surface area contributed by atoms with Crippen molar-refractivity contribution in [2.75, 3.05) is 18.6 Å². The van der Waals surface area contributed by atoms with E-state index in [2.05, 4.69) is 27.3 Å². The molecule has 2 aromatic carbocycles. The van der Waals surface area contributed by atoms with Crippen molar-refractivity contribution in [1.82, 2.24) is 24.8 Å². The maximum Gasteiger partial charge on any atom is 0.271 e. The summed E-state index contributed by atoms with van der Waals surface area (Å²) in [5.41, 5.74) is 3.16. The molecule has 158 valence electrons. The second-order valence-electron chi connectivity index (χ2n) is 8.01. The van der Waals surface area contributed by atoms with Crippen LogP contribution in [-0.2, 0) is 10.2 Å². The third-order valence-electron chi connectivity index (χ3n) is 6.12. The Bertz CT molecular complexity index is 1350. The lowest BCUT2D eigenvalue weighted by Crippen LogP contribution is -2.23. The molecular formula is C24H20N6O2. The molecule has 6 rings (SSSR count). The number of benzene rings is 2. The van der Waals surface area contributed by atoms with E-state index in [1.165, 1.54) is 0 Å². The van der Waals surface area contributed by atoms with Gasteiger partial charge in [0.2, 0.25) is 5.91 Å². The maximum atomic E-state index is 12.0. The first-order chi connectivity index (χ1) is 15.7. The van der Waals surface area contributed by atoms with E-state index >= 15 is 0 Å². The first kappa shape index (κ1) is 18.7. The van der Waals surface area contributed by atoms with Gasteiger partial charge in [-0.25, -0.2) is 4.98 Å². The Morgan fingerprint density at radius 2 is 1.78 bits per heavy atom. The summed E-state index contributed by atoms with van der Waals surface area (Å²) in [5.74, 6) is 2.13. The summed E-state index contributed by atoms with van der Waals surface area (Å²) < 4.78 is 6.98. The van der Waals surface area contributed by atoms with E-state index in [0.29, 0.717) is 23.7 Å². The second kappa shape index (κ2) is 6.98. The molecule has 4 aromatic rings. The molecule has 0 atom stereocenters. The molecule has 1 aliphatic carbocycles. The number of carbonyl (C=O) groups is 1. The molecule has 1 fully saturated rings. The number of ether oxygens (including phenoxy) is 1. The smallest absolute Gasteiger partial charge is 0.271 e. The van der Waals surface area contributed by atoms with Crippen molar-refractivity contribution < 1.29 is 9.53 Å². The van der Waals surface area contributed by atoms with Gasteiger partial charge in [0, 0.05) is 24.2 Å². The van der Waals surface area contributed by atoms with Gasteiger partial charge >= 0.3 is 0 Å². The van der Waals surface area contributed by atoms with Crippen molar-refractivity contribution >= 4 is 17.4 Å². The predicted octanol–water partition coefficient (Wildman–Crippen LogP) is 3.18. The van der Waals surface area contributed by atoms with E-state index < -0.39 is 5.41 Å². The number of allylic oxidation sites excluding steroid dienone is 2. The Morgan fingerprint density at radius 3 is 2.44 bits per heavy atom. The van der Waals surface area contributed by atoms with E-state index in [9.17, 15) is 4.79 Å². The van der Waals surface area contributed by atoms with Crippen LogP contribution in [-0.4, -0.2) is 44.4 Å². The highest BCUT2D eigenvalue weighted by atomic mass is 16.5. The van der Waals surface area contributed by atoms with E-state index in [-0.39, 0.29) is 5.91 Å². The van der Waals surface area contributed by atoms with E-state index in [4.69, 9.17) is 9.84 Å². The quantitative estimate of drug-likeness (QED) is 0.458. The van der Waals surface area contributed by atoms with Gasteiger partial charge in [-0.2, -0.15) is 9.61 Å². The van der Waals surface area contributed by atoms with Crippen LogP contribution in [0, 0.1) is 0 Å². The normalized spacial score (nSPS) is 16.7. The van der Waals surface area contributed by atoms with Crippen molar-refractivity contribution in [2.24, 2.45) is 0 Å². The number of amides is 1. The molecule has 8 nitrogen and oxygen atoms in total. The third-order valence-corrected chi connectivity index (χ3v) is 6.12. The van der Waals surface area contributed by atoms with Crippen LogP contribution in [0.2, 0.25) is 0 Å². The summed E-state index contributed by atoms with van der Waals surface area (Å²) >= 11 is 0. The fourth-order valence-corrected chi connectivity index (χ4v) is 4.24. The number of hydrogen-bond acceptors (Lipinski definition) is 6. The summed E-state index contributed by atoms with van der Waals surface area (Å²) in [5, 5.41) is 13.4. The van der Waals surface area contributed by atoms with Crippen LogP contribution in [0.3, 0.4) is 0 Å². The zero-order valence-electron chi connectivity index (χ0n) is 17.5. The molecule has 0 bridgehead atoms. The highest BCUT2D eigenvalue weighted by molar-refractivity contribution is 5.95. The highest BCUT2D eigenvalue weighted by Gasteiger charge is 2.43. The van der Waals surface area contributed by atoms with Crippen molar-refractivity contribution in [1.29, 1.82) is 0 Å². The van der Waals surface area contributed by atoms with Crippen molar-refractivity contribution in [3.8, 4) is 17.0 Å². The van der Waals surface area contributed by atoms with Crippen LogP contribution >= 0.6 is 0 Å². The molecule has 0 unspecified atom stereocenters. The number of methoxy groups -OCH3 is 1. The lowest BCUT2D eigenvalue weighted by atomic mass is 9.92. The predicted molar refractivity (Wildman–Crippen MR) is 119 cm³/mol. The summed E-state index contributed by atoms with van der Waals surface area (Å²) in [6.07, 6.45) is 7.39. The Kier molecular flexibility index (Phi) is 4.07. The molecule has 2 aliphatic rings. The van der Waals surface area contributed by atoms with E-state index in [1.54, 1.807) is 17.8 Å². The lowest BCUT2D eigenvalue weighted by molar-refractivity contribution is -0.117. The van der Waals surface area contributed by atoms with Crippen molar-refractivity contribution in [3.63, 3.8) is 0 Å². The minimum absolute atomic E-state index is 0.175. The van der Waals surface area contributed by atoms with Gasteiger partial charge in [-0.3, -0.25) is 4.79 Å². The molecule has 1 saturated heterocycles. The van der Waals surface area contributed by atoms with Gasteiger partial charge in [0.1, 0.15) is 11.4 Å². The van der Waals surface area contributed by atoms with Crippen LogP contribution < -0.4 is 9.64 Å². The summed E-state index contributed by atoms with van der Waals surface area (Å²) in [7, 11) is 1.65. The number of anilines is 1. The maximum absolute atomic E-state index is 12.0. The van der Waals surface area contributed by atoms with E-state index in [1.807, 2.05) is 53.4 Å². The Balaban J connectivity index is 1.36. The van der Waals surface area contributed by atoms with Crippen LogP contribution in [0.1, 0.15) is 24.2 Å². The average Bonchev–Trinajstić information content (AvgIpc) is 3.34. The Morgan fingerprint density at radius 1 is 1.00 bits per heavy atom. The molecule has 0 spiro atoms. The molecule has 8 heteroatoms. The molecule has 0 N–H and O–H groups in total. The summed E-state index contributed by atoms with van der Waals surface area (Å²) in [6, 6.07) is 15.8. The van der Waals surface area contributed by atoms with Gasteiger partial charge in [0.15, 0.2) is 5.82 Å². The van der Waals surface area contributed by atoms with Gasteiger partial charge < -0.3 is 9.64 Å². The Hall–Kier alpha value is -4.07. The highest BCUT2D eigenvalue weighted by Crippen LogP contribution is 2.44. The zero-order valence-corrected chi connectivity index (χ0v) is 17.5. The molecule has 0 radical (unpaired) electrons. The van der Waals surface area contributed by atoms with Gasteiger partial charge in [-0.1, -0.05) is 36.4 Å². The minimum Gasteiger partial charge on any atom is -0.497 e. The zero-order chi connectivity index (χ0) is 21.7. The number of hydrogen-bond donors (Lipinski definition) is 0. The fraction of sp³-hybridized carbons (Fsp3) is 0.208. The summed E-state index contributed by atoms with van der Waals surface area (Å²) in [4.78, 5) is 18.3. The third kappa shape index (κ3) is 2.87. The fourth-order valence-electron chi connectivity index (χ4n) is 4.24. The van der Waals surface area contributed by atoms with E-state index in [0.717, 1.165) is 35.5 Å². The van der Waals surface area contributed by atoms with Crippen LogP contribution in [0.4, 0.5) is 5.69 Å². The lowest BCUT2D eigenvalue weighted by Gasteiger charge is -2.16. The second-order valence-corrected chi connectivity index (χ2v) is 8.01. The van der Waals surface area contributed by atoms with Gasteiger partial charge in [0.05, 0.1) is 18.7 Å². The number of fused-ring (bicyclic) bond motifs is 1. The minimum atomic E-state index is -0.445. The van der Waals surface area contributed by atoms with Crippen LogP contribution in [0.15, 0.2) is 66.9 Å². The topological polar surface area (TPSA) is 85.5 Å². The van der Waals surface area contributed by atoms with Crippen molar-refractivity contribution in [3.05, 3.63) is 78.3 Å². The van der Waals surface area contributed by atoms with Gasteiger partial charge in [-0.15, -0.1) is 10.2 Å². The monoisotopic (exact) mass is 424 g/mol. The average molecular weight is 424 g/mol. The first-order valence-electron chi connectivity index (χ1n) is 10.5. The Labute approximate surface area is 184 Å². The number of nitrogens with zero attached hydrogens (tertiary/aromatic N) is 6. The molecule has 1 amide bonds. The summed E-state index contributed by atoms with van der Waals surface area (Å²) in [6.45, 7) is 0.772. The van der Waals surface area contributed by atoms with Crippen LogP contribution in [0.5, 0.6) is 5.75 Å². The molecule has 32 heavy (non-hydrogen) atoms. The number of aromatic nitrogens is 5. The molecule has 0 saturated carbocycles. The number of carbonyl (C=O) groups excluding carboxylic acids is 1. The van der Waals surface area contributed by atoms with Crippen LogP contribution in [0.25, 0.3) is 17.0 Å². The molecule has 2 aromatic heterocycles. The SMILES string of the molecule is COc1ccc(C2(c3nnc4ncc(-c5ccc(N6CCCC6=O)cc5)nn34)C=C2)cc1. The van der Waals surface area contributed by atoms with Gasteiger partial charge in [-0.05, 0) is 36.2 Å². The first-order valence-corrected chi connectivity index (χ1v) is 10.5. The largest absolute Gasteiger partial charge is 0.497 e.